The van der Waals surface area contributed by atoms with Gasteiger partial charge in [-0.2, -0.15) is 0 Å². The van der Waals surface area contributed by atoms with Gasteiger partial charge >= 0.3 is 0 Å². The van der Waals surface area contributed by atoms with Crippen LogP contribution < -0.4 is 10.1 Å². The van der Waals surface area contributed by atoms with Gasteiger partial charge in [0.1, 0.15) is 17.3 Å². The number of hydrogen-bond donors (Lipinski definition) is 2. The fourth-order valence-electron chi connectivity index (χ4n) is 2.49. The smallest absolute Gasteiger partial charge is 0.255 e. The number of benzene rings is 1. The Labute approximate surface area is 136 Å². The first-order valence-electron chi connectivity index (χ1n) is 7.78. The van der Waals surface area contributed by atoms with Crippen molar-refractivity contribution < 1.29 is 19.1 Å². The zero-order valence-corrected chi connectivity index (χ0v) is 13.8. The molecular formula is C18H23NO4. The first kappa shape index (κ1) is 17.1. The normalized spacial score (nSPS) is 12.0. The SMILES string of the molecule is CCOc1ccccc1C(=O)NCCC(O)c1cc(C)oc1C. The number of amides is 1. The summed E-state index contributed by atoms with van der Waals surface area (Å²) in [5.41, 5.74) is 1.27. The molecule has 1 aromatic heterocycles. The molecular weight excluding hydrogens is 294 g/mol. The van der Waals surface area contributed by atoms with Crippen molar-refractivity contribution in [3.05, 3.63) is 53.0 Å². The van der Waals surface area contributed by atoms with E-state index in [0.717, 1.165) is 11.3 Å². The fraction of sp³-hybridized carbons (Fsp3) is 0.389. The number of aryl methyl sites for hydroxylation is 2. The second-order valence-corrected chi connectivity index (χ2v) is 5.36. The first-order valence-corrected chi connectivity index (χ1v) is 7.78. The van der Waals surface area contributed by atoms with Gasteiger partial charge in [-0.25, -0.2) is 0 Å². The van der Waals surface area contributed by atoms with Gasteiger partial charge in [0.05, 0.1) is 18.3 Å². The molecule has 0 saturated carbocycles. The molecule has 2 aromatic rings. The number of para-hydroxylation sites is 1. The number of furan rings is 1. The molecule has 124 valence electrons. The quantitative estimate of drug-likeness (QED) is 0.823. The van der Waals surface area contributed by atoms with Gasteiger partial charge in [0.2, 0.25) is 0 Å². The van der Waals surface area contributed by atoms with Gasteiger partial charge in [-0.3, -0.25) is 4.79 Å². The van der Waals surface area contributed by atoms with E-state index in [9.17, 15) is 9.90 Å². The first-order chi connectivity index (χ1) is 11.0. The zero-order valence-electron chi connectivity index (χ0n) is 13.8. The molecule has 0 radical (unpaired) electrons. The van der Waals surface area contributed by atoms with Crippen molar-refractivity contribution in [2.24, 2.45) is 0 Å². The summed E-state index contributed by atoms with van der Waals surface area (Å²) in [6.45, 7) is 6.41. The molecule has 0 aliphatic carbocycles. The highest BCUT2D eigenvalue weighted by atomic mass is 16.5. The van der Waals surface area contributed by atoms with Gasteiger partial charge in [0.25, 0.3) is 5.91 Å². The summed E-state index contributed by atoms with van der Waals surface area (Å²) in [6, 6.07) is 8.94. The van der Waals surface area contributed by atoms with Crippen LogP contribution in [0.5, 0.6) is 5.75 Å². The molecule has 0 aliphatic rings. The molecule has 0 fully saturated rings. The minimum absolute atomic E-state index is 0.207. The van der Waals surface area contributed by atoms with Gasteiger partial charge in [-0.15, -0.1) is 0 Å². The third kappa shape index (κ3) is 4.36. The van der Waals surface area contributed by atoms with E-state index < -0.39 is 6.10 Å². The predicted octanol–water partition coefficient (Wildman–Crippen LogP) is 3.15. The van der Waals surface area contributed by atoms with E-state index >= 15 is 0 Å². The fourth-order valence-corrected chi connectivity index (χ4v) is 2.49. The lowest BCUT2D eigenvalue weighted by molar-refractivity contribution is 0.0938. The molecule has 2 N–H and O–H groups in total. The molecule has 1 amide bonds. The van der Waals surface area contributed by atoms with Crippen LogP contribution >= 0.6 is 0 Å². The molecule has 0 bridgehead atoms. The summed E-state index contributed by atoms with van der Waals surface area (Å²) < 4.78 is 10.9. The number of ether oxygens (including phenoxy) is 1. The molecule has 1 heterocycles. The summed E-state index contributed by atoms with van der Waals surface area (Å²) in [6.07, 6.45) is -0.239. The number of aliphatic hydroxyl groups is 1. The summed E-state index contributed by atoms with van der Waals surface area (Å²) >= 11 is 0. The van der Waals surface area contributed by atoms with Crippen molar-refractivity contribution in [3.63, 3.8) is 0 Å². The number of rotatable bonds is 7. The van der Waals surface area contributed by atoms with E-state index in [4.69, 9.17) is 9.15 Å². The van der Waals surface area contributed by atoms with E-state index in [1.165, 1.54) is 0 Å². The zero-order chi connectivity index (χ0) is 16.8. The molecule has 1 aromatic carbocycles. The Morgan fingerprint density at radius 2 is 2.09 bits per heavy atom. The lowest BCUT2D eigenvalue weighted by Gasteiger charge is -2.12. The number of carbonyl (C=O) groups is 1. The molecule has 0 spiro atoms. The minimum atomic E-state index is -0.658. The summed E-state index contributed by atoms with van der Waals surface area (Å²) in [4.78, 5) is 12.2. The van der Waals surface area contributed by atoms with Crippen LogP contribution in [0.3, 0.4) is 0 Å². The highest BCUT2D eigenvalue weighted by Gasteiger charge is 2.16. The van der Waals surface area contributed by atoms with Gasteiger partial charge < -0.3 is 19.6 Å². The van der Waals surface area contributed by atoms with Crippen molar-refractivity contribution in [3.8, 4) is 5.75 Å². The molecule has 0 aliphatic heterocycles. The van der Waals surface area contributed by atoms with Gasteiger partial charge in [0.15, 0.2) is 0 Å². The van der Waals surface area contributed by atoms with Crippen LogP contribution in [0.2, 0.25) is 0 Å². The van der Waals surface area contributed by atoms with Gasteiger partial charge in [0, 0.05) is 12.1 Å². The maximum atomic E-state index is 12.2. The highest BCUT2D eigenvalue weighted by molar-refractivity contribution is 5.96. The molecule has 1 unspecified atom stereocenters. The maximum absolute atomic E-state index is 12.2. The van der Waals surface area contributed by atoms with Crippen LogP contribution in [0.15, 0.2) is 34.7 Å². The average Bonchev–Trinajstić information content (AvgIpc) is 2.86. The molecule has 0 saturated heterocycles. The third-order valence-electron chi connectivity index (χ3n) is 3.57. The van der Waals surface area contributed by atoms with Crippen molar-refractivity contribution in [2.45, 2.75) is 33.3 Å². The van der Waals surface area contributed by atoms with Gasteiger partial charge in [-0.1, -0.05) is 12.1 Å². The topological polar surface area (TPSA) is 71.7 Å². The Balaban J connectivity index is 1.91. The van der Waals surface area contributed by atoms with Crippen LogP contribution in [0, 0.1) is 13.8 Å². The van der Waals surface area contributed by atoms with E-state index in [-0.39, 0.29) is 5.91 Å². The number of nitrogens with one attached hydrogen (secondary N) is 1. The Morgan fingerprint density at radius 1 is 1.35 bits per heavy atom. The van der Waals surface area contributed by atoms with E-state index in [2.05, 4.69) is 5.32 Å². The van der Waals surface area contributed by atoms with Crippen LogP contribution in [-0.4, -0.2) is 24.2 Å². The van der Waals surface area contributed by atoms with Crippen LogP contribution in [-0.2, 0) is 0 Å². The summed E-state index contributed by atoms with van der Waals surface area (Å²) in [7, 11) is 0. The maximum Gasteiger partial charge on any atom is 0.255 e. The molecule has 2 rings (SSSR count). The molecule has 5 nitrogen and oxygen atoms in total. The number of carbonyl (C=O) groups excluding carboxylic acids is 1. The Hall–Kier alpha value is -2.27. The van der Waals surface area contributed by atoms with Crippen molar-refractivity contribution >= 4 is 5.91 Å². The van der Waals surface area contributed by atoms with Crippen molar-refractivity contribution in [1.29, 1.82) is 0 Å². The third-order valence-corrected chi connectivity index (χ3v) is 3.57. The second-order valence-electron chi connectivity index (χ2n) is 5.36. The molecule has 1 atom stereocenters. The predicted molar refractivity (Wildman–Crippen MR) is 87.7 cm³/mol. The molecule has 23 heavy (non-hydrogen) atoms. The van der Waals surface area contributed by atoms with Crippen LogP contribution in [0.1, 0.15) is 46.9 Å². The summed E-state index contributed by atoms with van der Waals surface area (Å²) in [5, 5.41) is 13.0. The lowest BCUT2D eigenvalue weighted by Crippen LogP contribution is -2.26. The second kappa shape index (κ2) is 7.83. The van der Waals surface area contributed by atoms with Crippen LogP contribution in [0.25, 0.3) is 0 Å². The monoisotopic (exact) mass is 317 g/mol. The minimum Gasteiger partial charge on any atom is -0.493 e. The van der Waals surface area contributed by atoms with E-state index in [1.54, 1.807) is 18.2 Å². The Morgan fingerprint density at radius 3 is 2.74 bits per heavy atom. The lowest BCUT2D eigenvalue weighted by atomic mass is 10.1. The highest BCUT2D eigenvalue weighted by Crippen LogP contribution is 2.23. The summed E-state index contributed by atoms with van der Waals surface area (Å²) in [5.74, 6) is 1.84. The van der Waals surface area contributed by atoms with E-state index in [1.807, 2.05) is 32.9 Å². The largest absolute Gasteiger partial charge is 0.493 e. The Bertz CT molecular complexity index is 663. The standard InChI is InChI=1S/C18H23NO4/c1-4-22-17-8-6-5-7-14(17)18(21)19-10-9-16(20)15-11-12(2)23-13(15)3/h5-8,11,16,20H,4,9-10H2,1-3H3,(H,19,21). The Kier molecular flexibility index (Phi) is 5.82. The number of aliphatic hydroxyl groups excluding tert-OH is 1. The average molecular weight is 317 g/mol. The van der Waals surface area contributed by atoms with E-state index in [0.29, 0.717) is 36.6 Å². The van der Waals surface area contributed by atoms with Crippen molar-refractivity contribution in [1.82, 2.24) is 5.32 Å². The van der Waals surface area contributed by atoms with Gasteiger partial charge in [-0.05, 0) is 45.4 Å². The van der Waals surface area contributed by atoms with Crippen LogP contribution in [0.4, 0.5) is 0 Å². The molecule has 5 heteroatoms. The number of hydrogen-bond acceptors (Lipinski definition) is 4. The van der Waals surface area contributed by atoms with Crippen molar-refractivity contribution in [2.75, 3.05) is 13.2 Å².